The number of esters is 1. The monoisotopic (exact) mass is 502 g/mol. The minimum absolute atomic E-state index is 0.201. The molecule has 0 radical (unpaired) electrons. The molecule has 0 amide bonds. The molecule has 1 aliphatic rings. The number of benzene rings is 1. The summed E-state index contributed by atoms with van der Waals surface area (Å²) in [5, 5.41) is 3.33. The number of methoxy groups -OCH3 is 3. The van der Waals surface area contributed by atoms with E-state index >= 15 is 0 Å². The second-order valence-corrected chi connectivity index (χ2v) is 8.29. The highest BCUT2D eigenvalue weighted by Crippen LogP contribution is 2.30. The minimum Gasteiger partial charge on any atom is -0.469 e. The highest BCUT2D eigenvalue weighted by atomic mass is 79.9. The Hall–Kier alpha value is -2.62. The highest BCUT2D eigenvalue weighted by Gasteiger charge is 2.28. The van der Waals surface area contributed by atoms with Gasteiger partial charge in [0, 0.05) is 36.9 Å². The Labute approximate surface area is 196 Å². The molecule has 0 saturated carbocycles. The van der Waals surface area contributed by atoms with E-state index in [4.69, 9.17) is 24.2 Å². The zero-order chi connectivity index (χ0) is 23.1. The normalized spacial score (nSPS) is 15.8. The van der Waals surface area contributed by atoms with Crippen molar-refractivity contribution in [2.24, 2.45) is 9.98 Å². The van der Waals surface area contributed by atoms with Crippen molar-refractivity contribution in [1.29, 1.82) is 0 Å². The van der Waals surface area contributed by atoms with Crippen molar-refractivity contribution in [1.82, 2.24) is 10.3 Å². The topological polar surface area (TPSA) is 94.4 Å². The molecule has 9 heteroatoms. The fourth-order valence-electron chi connectivity index (χ4n) is 3.19. The molecule has 0 saturated heterocycles. The number of aromatic nitrogens is 1. The van der Waals surface area contributed by atoms with Gasteiger partial charge in [-0.15, -0.1) is 0 Å². The smallest absolute Gasteiger partial charge is 0.305 e. The van der Waals surface area contributed by atoms with E-state index in [1.807, 2.05) is 43.3 Å². The number of carbonyl (C=O) groups is 1. The summed E-state index contributed by atoms with van der Waals surface area (Å²) in [6, 6.07) is 11.1. The van der Waals surface area contributed by atoms with Gasteiger partial charge < -0.3 is 19.5 Å². The highest BCUT2D eigenvalue weighted by molar-refractivity contribution is 9.10. The van der Waals surface area contributed by atoms with Crippen LogP contribution in [0.1, 0.15) is 31.0 Å². The Bertz CT molecular complexity index is 1010. The lowest BCUT2D eigenvalue weighted by molar-refractivity contribution is -0.187. The van der Waals surface area contributed by atoms with Crippen LogP contribution in [0, 0.1) is 0 Å². The van der Waals surface area contributed by atoms with Crippen molar-refractivity contribution in [2.45, 2.75) is 31.6 Å². The van der Waals surface area contributed by atoms with Gasteiger partial charge in [-0.2, -0.15) is 0 Å². The van der Waals surface area contributed by atoms with Crippen molar-refractivity contribution in [3.63, 3.8) is 0 Å². The summed E-state index contributed by atoms with van der Waals surface area (Å²) >= 11 is 3.55. The number of carbonyl (C=O) groups excluding carboxylic acids is 1. The molecular weight excluding hydrogens is 476 g/mol. The minimum atomic E-state index is -0.849. The Morgan fingerprint density at radius 2 is 1.97 bits per heavy atom. The maximum atomic E-state index is 11.9. The van der Waals surface area contributed by atoms with Gasteiger partial charge in [0.25, 0.3) is 0 Å². The number of halogens is 1. The van der Waals surface area contributed by atoms with Crippen LogP contribution in [-0.4, -0.2) is 62.2 Å². The summed E-state index contributed by atoms with van der Waals surface area (Å²) < 4.78 is 16.7. The van der Waals surface area contributed by atoms with Crippen LogP contribution in [0.4, 0.5) is 5.69 Å². The third-order valence-electron chi connectivity index (χ3n) is 5.27. The Morgan fingerprint density at radius 1 is 1.19 bits per heavy atom. The van der Waals surface area contributed by atoms with Gasteiger partial charge in [0.15, 0.2) is 5.79 Å². The van der Waals surface area contributed by atoms with Crippen LogP contribution in [0.5, 0.6) is 0 Å². The van der Waals surface area contributed by atoms with E-state index in [9.17, 15) is 4.79 Å². The molecule has 1 aromatic carbocycles. The maximum absolute atomic E-state index is 11.9. The lowest BCUT2D eigenvalue weighted by Gasteiger charge is -2.28. The van der Waals surface area contributed by atoms with Crippen molar-refractivity contribution in [2.75, 3.05) is 27.9 Å². The fourth-order valence-corrected chi connectivity index (χ4v) is 3.55. The predicted molar refractivity (Wildman–Crippen MR) is 127 cm³/mol. The number of aliphatic imine (C=N–C) groups is 2. The second kappa shape index (κ2) is 10.8. The van der Waals surface area contributed by atoms with Crippen LogP contribution < -0.4 is 5.32 Å². The lowest BCUT2D eigenvalue weighted by Crippen LogP contribution is -2.46. The number of hydrogen-bond donors (Lipinski definition) is 1. The van der Waals surface area contributed by atoms with Crippen molar-refractivity contribution < 1.29 is 19.0 Å². The number of hydrogen-bond acceptors (Lipinski definition) is 8. The van der Waals surface area contributed by atoms with E-state index in [0.29, 0.717) is 24.5 Å². The molecule has 1 aromatic heterocycles. The molecule has 2 aromatic rings. The number of rotatable bonds is 8. The zero-order valence-electron chi connectivity index (χ0n) is 18.6. The van der Waals surface area contributed by atoms with Gasteiger partial charge in [0.05, 0.1) is 30.7 Å². The largest absolute Gasteiger partial charge is 0.469 e. The number of ether oxygens (including phenoxy) is 3. The molecule has 1 atom stereocenters. The van der Waals surface area contributed by atoms with Gasteiger partial charge in [-0.05, 0) is 43.7 Å². The molecule has 0 spiro atoms. The summed E-state index contributed by atoms with van der Waals surface area (Å²) in [5.74, 6) is -0.538. The Kier molecular flexibility index (Phi) is 8.11. The second-order valence-electron chi connectivity index (χ2n) is 7.38. The van der Waals surface area contributed by atoms with E-state index in [2.05, 4.69) is 26.2 Å². The van der Waals surface area contributed by atoms with Gasteiger partial charge >= 0.3 is 5.97 Å². The third kappa shape index (κ3) is 5.79. The van der Waals surface area contributed by atoms with Crippen LogP contribution in [-0.2, 0) is 19.0 Å². The molecule has 0 fully saturated rings. The van der Waals surface area contributed by atoms with Gasteiger partial charge in [-0.1, -0.05) is 22.0 Å². The molecule has 170 valence electrons. The Balaban J connectivity index is 2.08. The van der Waals surface area contributed by atoms with Crippen LogP contribution >= 0.6 is 15.9 Å². The summed E-state index contributed by atoms with van der Waals surface area (Å²) in [4.78, 5) is 26.3. The number of fused-ring (bicyclic) bond motifs is 1. The van der Waals surface area contributed by atoms with Crippen molar-refractivity contribution in [3.05, 3.63) is 58.3 Å². The average molecular weight is 503 g/mol. The van der Waals surface area contributed by atoms with Crippen molar-refractivity contribution in [3.8, 4) is 0 Å². The average Bonchev–Trinajstić information content (AvgIpc) is 2.98. The summed E-state index contributed by atoms with van der Waals surface area (Å²) in [6.07, 6.45) is 2.35. The first kappa shape index (κ1) is 24.0. The first-order valence-electron chi connectivity index (χ1n) is 10.2. The summed E-state index contributed by atoms with van der Waals surface area (Å²) in [6.45, 7) is 2.17. The van der Waals surface area contributed by atoms with Crippen LogP contribution in [0.15, 0.2) is 57.1 Å². The molecule has 1 N–H and O–H groups in total. The number of amidine groups is 1. The van der Waals surface area contributed by atoms with Crippen LogP contribution in [0.3, 0.4) is 0 Å². The SMILES string of the molecule is COC(=O)CC[C@@H]1N=C(c2ccccn2)c2cc(Br)ccc2N=C1NCC(C)(OC)OC. The fraction of sp³-hybridized carbons (Fsp3) is 0.391. The van der Waals surface area contributed by atoms with Gasteiger partial charge in [-0.3, -0.25) is 14.8 Å². The first-order chi connectivity index (χ1) is 15.4. The molecule has 32 heavy (non-hydrogen) atoms. The number of nitrogens with zero attached hydrogens (tertiary/aromatic N) is 3. The first-order valence-corrected chi connectivity index (χ1v) is 11.0. The van der Waals surface area contributed by atoms with Gasteiger partial charge in [-0.25, -0.2) is 4.99 Å². The molecule has 2 heterocycles. The van der Waals surface area contributed by atoms with Crippen LogP contribution in [0.25, 0.3) is 0 Å². The molecule has 1 aliphatic heterocycles. The zero-order valence-corrected chi connectivity index (χ0v) is 20.2. The number of nitrogens with one attached hydrogen (secondary N) is 1. The molecule has 0 aliphatic carbocycles. The summed E-state index contributed by atoms with van der Waals surface area (Å²) in [7, 11) is 4.54. The van der Waals surface area contributed by atoms with Gasteiger partial charge in [0.2, 0.25) is 0 Å². The quantitative estimate of drug-likeness (QED) is 0.437. The van der Waals surface area contributed by atoms with E-state index in [1.165, 1.54) is 7.11 Å². The van der Waals surface area contributed by atoms with Gasteiger partial charge in [0.1, 0.15) is 11.9 Å². The molecule has 0 unspecified atom stereocenters. The van der Waals surface area contributed by atoms with Crippen LogP contribution in [0.2, 0.25) is 0 Å². The molecule has 3 rings (SSSR count). The number of pyridine rings is 1. The Morgan fingerprint density at radius 3 is 2.62 bits per heavy atom. The van der Waals surface area contributed by atoms with E-state index in [0.717, 1.165) is 21.4 Å². The third-order valence-corrected chi connectivity index (χ3v) is 5.76. The molecule has 0 bridgehead atoms. The molecular formula is C23H27BrN4O4. The molecule has 8 nitrogen and oxygen atoms in total. The standard InChI is InChI=1S/C23H27BrN4O4/c1-23(31-3,32-4)14-26-22-19(10-11-20(29)30-2)27-21(18-7-5-6-12-25-18)16-13-15(24)8-9-17(16)28-22/h5-9,12-13,19H,10-11,14H2,1-4H3,(H,26,28)/t19-/m0/s1. The van der Waals surface area contributed by atoms with Crippen molar-refractivity contribution >= 4 is 39.1 Å². The maximum Gasteiger partial charge on any atom is 0.305 e. The van der Waals surface area contributed by atoms with E-state index in [-0.39, 0.29) is 12.4 Å². The summed E-state index contributed by atoms with van der Waals surface area (Å²) in [5.41, 5.74) is 3.03. The van der Waals surface area contributed by atoms with E-state index < -0.39 is 11.8 Å². The van der Waals surface area contributed by atoms with E-state index in [1.54, 1.807) is 20.4 Å². The predicted octanol–water partition coefficient (Wildman–Crippen LogP) is 3.65. The lowest BCUT2D eigenvalue weighted by atomic mass is 10.0.